The van der Waals surface area contributed by atoms with Crippen LogP contribution in [0.25, 0.3) is 0 Å². The maximum absolute atomic E-state index is 11.7. The molecule has 0 aromatic rings. The fraction of sp³-hybridized carbons (Fsp3) is 0.667. The van der Waals surface area contributed by atoms with Crippen molar-refractivity contribution < 1.29 is 13.2 Å². The second-order valence-electron chi connectivity index (χ2n) is 2.09. The molecule has 0 heterocycles. The van der Waals surface area contributed by atoms with Crippen molar-refractivity contribution >= 4 is 0 Å². The number of rotatable bonds is 3. The lowest BCUT2D eigenvalue weighted by Gasteiger charge is -2.14. The Kier molecular flexibility index (Phi) is 3.93. The number of nitrogens with two attached hydrogens (primary N) is 1. The van der Waals surface area contributed by atoms with E-state index in [-0.39, 0.29) is 6.42 Å². The summed E-state index contributed by atoms with van der Waals surface area (Å²) in [6.45, 7) is 0. The first-order chi connectivity index (χ1) is 4.99. The fourth-order valence-corrected chi connectivity index (χ4v) is 0.612. The molecule has 1 unspecified atom stereocenters. The second kappa shape index (κ2) is 4.21. The summed E-state index contributed by atoms with van der Waals surface area (Å²) in [5.41, 5.74) is 2.00. The van der Waals surface area contributed by atoms with Gasteiger partial charge in [0.2, 0.25) is 0 Å². The molecule has 0 aromatic carbocycles. The zero-order chi connectivity index (χ0) is 8.91. The van der Waals surface area contributed by atoms with Crippen LogP contribution in [0.15, 0.2) is 0 Å². The van der Waals surface area contributed by atoms with E-state index >= 15 is 0 Å². The number of alkyl halides is 3. The van der Waals surface area contributed by atoms with E-state index in [1.165, 1.54) is 0 Å². The minimum atomic E-state index is -4.21. The van der Waals surface area contributed by atoms with E-state index in [1.54, 1.807) is 0 Å². The van der Waals surface area contributed by atoms with Crippen LogP contribution in [0.5, 0.6) is 0 Å². The molecule has 0 saturated carbocycles. The van der Waals surface area contributed by atoms with Gasteiger partial charge in [-0.25, -0.2) is 0 Å². The number of halogens is 3. The molecule has 0 saturated heterocycles. The van der Waals surface area contributed by atoms with Crippen LogP contribution in [0, 0.1) is 12.3 Å². The molecule has 0 radical (unpaired) electrons. The van der Waals surface area contributed by atoms with Gasteiger partial charge in [-0.05, 0) is 0 Å². The Morgan fingerprint density at radius 2 is 2.09 bits per heavy atom. The van der Waals surface area contributed by atoms with Crippen LogP contribution >= 0.6 is 0 Å². The molecule has 0 rings (SSSR count). The van der Waals surface area contributed by atoms with Gasteiger partial charge in [-0.2, -0.15) is 13.2 Å². The molecule has 0 aliphatic heterocycles. The lowest BCUT2D eigenvalue weighted by atomic mass is 10.1. The third-order valence-corrected chi connectivity index (χ3v) is 1.08. The first-order valence-electron chi connectivity index (χ1n) is 2.96. The summed E-state index contributed by atoms with van der Waals surface area (Å²) >= 11 is 0. The van der Waals surface area contributed by atoms with Crippen molar-refractivity contribution in [2.45, 2.75) is 25.1 Å². The minimum absolute atomic E-state index is 0.0178. The fourth-order valence-electron chi connectivity index (χ4n) is 0.612. The largest absolute Gasteiger partial charge is 0.390 e. The summed E-state index contributed by atoms with van der Waals surface area (Å²) in [5.74, 6) is 6.92. The molecular weight excluding hydrogens is 157 g/mol. The van der Waals surface area contributed by atoms with Crippen molar-refractivity contribution in [3.63, 3.8) is 0 Å². The number of hydrogen-bond acceptors (Lipinski definition) is 2. The first kappa shape index (κ1) is 10.3. The van der Waals surface area contributed by atoms with Gasteiger partial charge in [0.15, 0.2) is 0 Å². The lowest BCUT2D eigenvalue weighted by molar-refractivity contribution is -0.139. The Hall–Kier alpha value is -0.730. The summed E-state index contributed by atoms with van der Waals surface area (Å²) in [6.07, 6.45) is -0.414. The molecular formula is C6H9F3N2. The van der Waals surface area contributed by atoms with Gasteiger partial charge in [0.25, 0.3) is 0 Å². The third kappa shape index (κ3) is 5.70. The molecule has 1 atom stereocenters. The zero-order valence-electron chi connectivity index (χ0n) is 5.78. The van der Waals surface area contributed by atoms with Crippen molar-refractivity contribution in [2.24, 2.45) is 5.84 Å². The van der Waals surface area contributed by atoms with Crippen LogP contribution in [0.2, 0.25) is 0 Å². The van der Waals surface area contributed by atoms with Crippen molar-refractivity contribution in [2.75, 3.05) is 0 Å². The Morgan fingerprint density at radius 3 is 2.36 bits per heavy atom. The van der Waals surface area contributed by atoms with Gasteiger partial charge < -0.3 is 0 Å². The smallest absolute Gasteiger partial charge is 0.271 e. The SMILES string of the molecule is C#CCC(CC(F)(F)F)NN. The predicted octanol–water partition coefficient (Wildman–Crippen LogP) is 0.794. The molecule has 5 heteroatoms. The first-order valence-corrected chi connectivity index (χ1v) is 2.96. The van der Waals surface area contributed by atoms with Crippen molar-refractivity contribution in [1.29, 1.82) is 0 Å². The monoisotopic (exact) mass is 166 g/mol. The van der Waals surface area contributed by atoms with Crippen molar-refractivity contribution in [3.8, 4) is 12.3 Å². The minimum Gasteiger partial charge on any atom is -0.271 e. The summed E-state index contributed by atoms with van der Waals surface area (Å²) in [4.78, 5) is 0. The van der Waals surface area contributed by atoms with E-state index in [9.17, 15) is 13.2 Å². The number of hydrogen-bond donors (Lipinski definition) is 2. The van der Waals surface area contributed by atoms with E-state index in [0.717, 1.165) is 0 Å². The number of terminal acetylenes is 1. The Morgan fingerprint density at radius 1 is 1.55 bits per heavy atom. The van der Waals surface area contributed by atoms with Crippen LogP contribution in [-0.4, -0.2) is 12.2 Å². The van der Waals surface area contributed by atoms with Gasteiger partial charge in [-0.3, -0.25) is 11.3 Å². The molecule has 0 bridgehead atoms. The van der Waals surface area contributed by atoms with E-state index in [4.69, 9.17) is 12.3 Å². The zero-order valence-corrected chi connectivity index (χ0v) is 5.78. The van der Waals surface area contributed by atoms with Crippen LogP contribution in [0.1, 0.15) is 12.8 Å². The summed E-state index contributed by atoms with van der Waals surface area (Å²) < 4.78 is 35.0. The molecule has 2 nitrogen and oxygen atoms in total. The normalized spacial score (nSPS) is 14.1. The van der Waals surface area contributed by atoms with Gasteiger partial charge in [-0.15, -0.1) is 12.3 Å². The standard InChI is InChI=1S/C6H9F3N2/c1-2-3-5(11-10)4-6(7,8)9/h1,5,11H,3-4,10H2. The van der Waals surface area contributed by atoms with Gasteiger partial charge in [0.1, 0.15) is 0 Å². The van der Waals surface area contributed by atoms with Crippen LogP contribution in [0.3, 0.4) is 0 Å². The average molecular weight is 166 g/mol. The van der Waals surface area contributed by atoms with Crippen LogP contribution in [0.4, 0.5) is 13.2 Å². The quantitative estimate of drug-likeness (QED) is 0.369. The highest BCUT2D eigenvalue weighted by Gasteiger charge is 2.30. The summed E-state index contributed by atoms with van der Waals surface area (Å²) in [7, 11) is 0. The van der Waals surface area contributed by atoms with E-state index in [1.807, 2.05) is 5.43 Å². The second-order valence-corrected chi connectivity index (χ2v) is 2.09. The molecule has 0 fully saturated rings. The molecule has 0 spiro atoms. The summed E-state index contributed by atoms with van der Waals surface area (Å²) in [5, 5.41) is 0. The van der Waals surface area contributed by atoms with Gasteiger partial charge >= 0.3 is 6.18 Å². The van der Waals surface area contributed by atoms with Gasteiger partial charge in [-0.1, -0.05) is 0 Å². The maximum Gasteiger partial charge on any atom is 0.390 e. The lowest BCUT2D eigenvalue weighted by Crippen LogP contribution is -2.38. The van der Waals surface area contributed by atoms with E-state index in [0.29, 0.717) is 0 Å². The maximum atomic E-state index is 11.7. The van der Waals surface area contributed by atoms with Gasteiger partial charge in [0, 0.05) is 12.5 Å². The number of nitrogens with one attached hydrogen (secondary N) is 1. The molecule has 0 aromatic heterocycles. The molecule has 0 amide bonds. The summed E-state index contributed by atoms with van der Waals surface area (Å²) in [6, 6.07) is -0.875. The predicted molar refractivity (Wildman–Crippen MR) is 35.2 cm³/mol. The van der Waals surface area contributed by atoms with E-state index in [2.05, 4.69) is 5.92 Å². The highest BCUT2D eigenvalue weighted by Crippen LogP contribution is 2.21. The third-order valence-electron chi connectivity index (χ3n) is 1.08. The Labute approximate surface area is 62.9 Å². The number of hydrazine groups is 1. The molecule has 3 N–H and O–H groups in total. The molecule has 0 aliphatic rings. The highest BCUT2D eigenvalue weighted by atomic mass is 19.4. The Balaban J connectivity index is 3.80. The van der Waals surface area contributed by atoms with Crippen molar-refractivity contribution in [3.05, 3.63) is 0 Å². The van der Waals surface area contributed by atoms with Crippen molar-refractivity contribution in [1.82, 2.24) is 5.43 Å². The molecule has 64 valence electrons. The van der Waals surface area contributed by atoms with Crippen LogP contribution < -0.4 is 11.3 Å². The molecule has 0 aliphatic carbocycles. The highest BCUT2D eigenvalue weighted by molar-refractivity contribution is 4.89. The molecule has 11 heavy (non-hydrogen) atoms. The Bertz CT molecular complexity index is 147. The van der Waals surface area contributed by atoms with Crippen LogP contribution in [-0.2, 0) is 0 Å². The average Bonchev–Trinajstić information content (AvgIpc) is 1.84. The van der Waals surface area contributed by atoms with E-state index < -0.39 is 18.6 Å². The van der Waals surface area contributed by atoms with Gasteiger partial charge in [0.05, 0.1) is 6.42 Å². The topological polar surface area (TPSA) is 38.0 Å².